The zero-order chi connectivity index (χ0) is 13.1. The molecule has 4 heteroatoms. The van der Waals surface area contributed by atoms with Crippen molar-refractivity contribution in [1.82, 2.24) is 5.43 Å². The van der Waals surface area contributed by atoms with E-state index >= 15 is 0 Å². The molecule has 2 unspecified atom stereocenters. The van der Waals surface area contributed by atoms with Gasteiger partial charge in [0.2, 0.25) is 0 Å². The summed E-state index contributed by atoms with van der Waals surface area (Å²) in [5.41, 5.74) is 4.27. The third-order valence-electron chi connectivity index (χ3n) is 3.86. The molecule has 1 aromatic carbocycles. The van der Waals surface area contributed by atoms with Crippen molar-refractivity contribution < 1.29 is 4.74 Å². The van der Waals surface area contributed by atoms with Crippen LogP contribution >= 0.6 is 11.3 Å². The maximum absolute atomic E-state index is 5.83. The zero-order valence-electron chi connectivity index (χ0n) is 11.0. The molecule has 0 aliphatic carbocycles. The number of hydrogen-bond donors (Lipinski definition) is 2. The SMILES string of the molecule is NNC(CC1CCCCO1)c1cccc2ccsc12. The second-order valence-corrected chi connectivity index (χ2v) is 6.05. The van der Waals surface area contributed by atoms with Crippen LogP contribution < -0.4 is 11.3 Å². The Morgan fingerprint density at radius 2 is 2.32 bits per heavy atom. The highest BCUT2D eigenvalue weighted by molar-refractivity contribution is 7.17. The first-order valence-electron chi connectivity index (χ1n) is 6.92. The summed E-state index contributed by atoms with van der Waals surface area (Å²) in [4.78, 5) is 0. The van der Waals surface area contributed by atoms with Gasteiger partial charge in [0.05, 0.1) is 6.10 Å². The summed E-state index contributed by atoms with van der Waals surface area (Å²) in [5, 5.41) is 3.44. The Kier molecular flexibility index (Phi) is 4.13. The van der Waals surface area contributed by atoms with Crippen molar-refractivity contribution >= 4 is 21.4 Å². The average Bonchev–Trinajstić information content (AvgIpc) is 2.94. The number of nitrogens with one attached hydrogen (secondary N) is 1. The second-order valence-electron chi connectivity index (χ2n) is 5.13. The van der Waals surface area contributed by atoms with E-state index in [4.69, 9.17) is 10.6 Å². The lowest BCUT2D eigenvalue weighted by Crippen LogP contribution is -2.32. The normalized spacial score (nSPS) is 21.6. The Morgan fingerprint density at radius 1 is 1.37 bits per heavy atom. The molecule has 1 aromatic heterocycles. The lowest BCUT2D eigenvalue weighted by atomic mass is 9.96. The molecule has 2 heterocycles. The third-order valence-corrected chi connectivity index (χ3v) is 4.84. The van der Waals surface area contributed by atoms with Crippen LogP contribution in [0, 0.1) is 0 Å². The standard InChI is InChI=1S/C15H20N2OS/c16-17-14(10-12-5-1-2-8-18-12)13-6-3-4-11-7-9-19-15(11)13/h3-4,6-7,9,12,14,17H,1-2,5,8,10,16H2. The minimum atomic E-state index is 0.172. The minimum Gasteiger partial charge on any atom is -0.378 e. The van der Waals surface area contributed by atoms with Gasteiger partial charge in [-0.25, -0.2) is 0 Å². The highest BCUT2D eigenvalue weighted by atomic mass is 32.1. The number of nitrogens with two attached hydrogens (primary N) is 1. The predicted octanol–water partition coefficient (Wildman–Crippen LogP) is 3.36. The molecule has 2 atom stereocenters. The molecule has 0 saturated carbocycles. The van der Waals surface area contributed by atoms with Crippen molar-refractivity contribution in [3.63, 3.8) is 0 Å². The quantitative estimate of drug-likeness (QED) is 0.665. The molecule has 0 amide bonds. The molecule has 19 heavy (non-hydrogen) atoms. The van der Waals surface area contributed by atoms with Crippen LogP contribution in [-0.4, -0.2) is 12.7 Å². The zero-order valence-corrected chi connectivity index (χ0v) is 11.8. The van der Waals surface area contributed by atoms with Crippen LogP contribution in [0.3, 0.4) is 0 Å². The van der Waals surface area contributed by atoms with Gasteiger partial charge >= 0.3 is 0 Å². The molecule has 3 rings (SSSR count). The molecule has 1 saturated heterocycles. The molecule has 1 aliphatic rings. The summed E-state index contributed by atoms with van der Waals surface area (Å²) in [6.07, 6.45) is 4.90. The molecular weight excluding hydrogens is 256 g/mol. The second kappa shape index (κ2) is 6.01. The molecule has 0 spiro atoms. The fraction of sp³-hybridized carbons (Fsp3) is 0.467. The number of rotatable bonds is 4. The lowest BCUT2D eigenvalue weighted by Gasteiger charge is -2.27. The Balaban J connectivity index is 1.82. The summed E-state index contributed by atoms with van der Waals surface area (Å²) in [5.74, 6) is 5.78. The predicted molar refractivity (Wildman–Crippen MR) is 80.1 cm³/mol. The fourth-order valence-corrected chi connectivity index (χ4v) is 3.80. The summed E-state index contributed by atoms with van der Waals surface area (Å²) < 4.78 is 7.17. The topological polar surface area (TPSA) is 47.3 Å². The lowest BCUT2D eigenvalue weighted by molar-refractivity contribution is 0.00512. The number of fused-ring (bicyclic) bond motifs is 1. The van der Waals surface area contributed by atoms with Crippen LogP contribution in [0.5, 0.6) is 0 Å². The van der Waals surface area contributed by atoms with Crippen molar-refractivity contribution in [2.75, 3.05) is 6.61 Å². The Morgan fingerprint density at radius 3 is 3.11 bits per heavy atom. The van der Waals surface area contributed by atoms with Crippen molar-refractivity contribution in [2.45, 2.75) is 37.8 Å². The number of hydrazine groups is 1. The van der Waals surface area contributed by atoms with Crippen molar-refractivity contribution in [3.8, 4) is 0 Å². The van der Waals surface area contributed by atoms with Gasteiger partial charge in [-0.1, -0.05) is 18.2 Å². The van der Waals surface area contributed by atoms with E-state index in [-0.39, 0.29) is 6.04 Å². The Hall–Kier alpha value is -0.940. The van der Waals surface area contributed by atoms with Crippen LogP contribution in [-0.2, 0) is 4.74 Å². The Bertz CT molecular complexity index is 534. The van der Waals surface area contributed by atoms with Gasteiger partial charge in [0.1, 0.15) is 0 Å². The van der Waals surface area contributed by atoms with Gasteiger partial charge in [0.25, 0.3) is 0 Å². The van der Waals surface area contributed by atoms with E-state index in [0.717, 1.165) is 19.4 Å². The van der Waals surface area contributed by atoms with Crippen LogP contribution in [0.1, 0.15) is 37.3 Å². The Labute approximate surface area is 117 Å². The van der Waals surface area contributed by atoms with Crippen molar-refractivity contribution in [2.24, 2.45) is 5.84 Å². The molecule has 1 aliphatic heterocycles. The van der Waals surface area contributed by atoms with Gasteiger partial charge in [-0.2, -0.15) is 0 Å². The number of hydrogen-bond acceptors (Lipinski definition) is 4. The summed E-state index contributed by atoms with van der Waals surface area (Å²) in [6, 6.07) is 8.77. The largest absolute Gasteiger partial charge is 0.378 e. The molecule has 1 fully saturated rings. The van der Waals surface area contributed by atoms with Gasteiger partial charge < -0.3 is 4.74 Å². The van der Waals surface area contributed by atoms with E-state index in [0.29, 0.717) is 6.10 Å². The van der Waals surface area contributed by atoms with E-state index in [1.54, 1.807) is 11.3 Å². The van der Waals surface area contributed by atoms with E-state index in [1.807, 2.05) is 0 Å². The van der Waals surface area contributed by atoms with Crippen LogP contribution in [0.2, 0.25) is 0 Å². The van der Waals surface area contributed by atoms with E-state index < -0.39 is 0 Å². The maximum atomic E-state index is 5.83. The highest BCUT2D eigenvalue weighted by Crippen LogP contribution is 2.32. The number of ether oxygens (including phenoxy) is 1. The minimum absolute atomic E-state index is 0.172. The van der Waals surface area contributed by atoms with Gasteiger partial charge in [-0.05, 0) is 48.1 Å². The van der Waals surface area contributed by atoms with Crippen molar-refractivity contribution in [1.29, 1.82) is 0 Å². The van der Waals surface area contributed by atoms with Crippen LogP contribution in [0.4, 0.5) is 0 Å². The first-order valence-corrected chi connectivity index (χ1v) is 7.80. The molecule has 0 radical (unpaired) electrons. The molecular formula is C15H20N2OS. The van der Waals surface area contributed by atoms with E-state index in [9.17, 15) is 0 Å². The molecule has 102 valence electrons. The average molecular weight is 276 g/mol. The molecule has 2 aromatic rings. The van der Waals surface area contributed by atoms with Gasteiger partial charge in [0.15, 0.2) is 0 Å². The fourth-order valence-electron chi connectivity index (χ4n) is 2.83. The monoisotopic (exact) mass is 276 g/mol. The van der Waals surface area contributed by atoms with Gasteiger partial charge in [0, 0.05) is 17.3 Å². The van der Waals surface area contributed by atoms with Crippen LogP contribution in [0.15, 0.2) is 29.6 Å². The molecule has 0 bridgehead atoms. The maximum Gasteiger partial charge on any atom is 0.0593 e. The first-order chi connectivity index (χ1) is 9.38. The summed E-state index contributed by atoms with van der Waals surface area (Å²) in [6.45, 7) is 0.894. The van der Waals surface area contributed by atoms with Gasteiger partial charge in [-0.15, -0.1) is 11.3 Å². The highest BCUT2D eigenvalue weighted by Gasteiger charge is 2.21. The third kappa shape index (κ3) is 2.82. The van der Waals surface area contributed by atoms with Crippen molar-refractivity contribution in [3.05, 3.63) is 35.2 Å². The van der Waals surface area contributed by atoms with Crippen LogP contribution in [0.25, 0.3) is 10.1 Å². The molecule has 3 N–H and O–H groups in total. The molecule has 3 nitrogen and oxygen atoms in total. The van der Waals surface area contributed by atoms with E-state index in [2.05, 4.69) is 35.1 Å². The number of thiophene rings is 1. The van der Waals surface area contributed by atoms with E-state index in [1.165, 1.54) is 28.5 Å². The number of benzene rings is 1. The summed E-state index contributed by atoms with van der Waals surface area (Å²) in [7, 11) is 0. The van der Waals surface area contributed by atoms with Gasteiger partial charge in [-0.3, -0.25) is 11.3 Å². The summed E-state index contributed by atoms with van der Waals surface area (Å²) >= 11 is 1.78. The smallest absolute Gasteiger partial charge is 0.0593 e. The first kappa shape index (κ1) is 13.1.